The van der Waals surface area contributed by atoms with E-state index in [4.69, 9.17) is 5.73 Å². The number of aromatic amines is 1. The molecule has 0 aliphatic carbocycles. The Morgan fingerprint density at radius 1 is 0.691 bits per heavy atom. The van der Waals surface area contributed by atoms with Crippen molar-refractivity contribution in [3.63, 3.8) is 0 Å². The van der Waals surface area contributed by atoms with E-state index in [0.29, 0.717) is 23.1 Å². The molecule has 2 heterocycles. The van der Waals surface area contributed by atoms with E-state index in [9.17, 15) is 48.6 Å². The lowest BCUT2D eigenvalue weighted by atomic mass is 9.99. The Balaban J connectivity index is 1.46. The molecule has 1 aliphatic rings. The van der Waals surface area contributed by atoms with Crippen molar-refractivity contribution in [3.05, 3.63) is 108 Å². The van der Waals surface area contributed by atoms with Crippen LogP contribution in [0.4, 0.5) is 0 Å². The Hall–Kier alpha value is -6.77. The van der Waals surface area contributed by atoms with Gasteiger partial charge in [-0.25, -0.2) is 4.79 Å². The molecule has 1 saturated heterocycles. The summed E-state index contributed by atoms with van der Waals surface area (Å²) >= 11 is 4.06. The number of carboxylic acids is 1. The number of aliphatic carboxylic acids is 1. The number of rotatable bonds is 24. The number of aliphatic hydroxyl groups excluding tert-OH is 1. The number of nitrogens with zero attached hydrogens (tertiary/aromatic N) is 1. The number of thiol groups is 1. The van der Waals surface area contributed by atoms with Crippen LogP contribution in [0.2, 0.25) is 0 Å². The number of hydrogen-bond donors (Lipinski definition) is 11. The number of carbonyl (C=O) groups is 8. The molecule has 11 N–H and O–H groups in total. The van der Waals surface area contributed by atoms with E-state index in [1.54, 1.807) is 66.9 Å². The Labute approximate surface area is 399 Å². The summed E-state index contributed by atoms with van der Waals surface area (Å²) in [7, 11) is 0. The minimum atomic E-state index is -1.41. The highest BCUT2D eigenvalue weighted by molar-refractivity contribution is 7.80. The second-order valence-electron chi connectivity index (χ2n) is 17.1. The second kappa shape index (κ2) is 25.4. The molecule has 0 bridgehead atoms. The smallest absolute Gasteiger partial charge is 0.327 e. The highest BCUT2D eigenvalue weighted by Gasteiger charge is 2.40. The molecule has 3 aromatic carbocycles. The molecule has 5 rings (SSSR count). The molecule has 4 aromatic rings. The number of fused-ring (bicyclic) bond motifs is 1. The van der Waals surface area contributed by atoms with Gasteiger partial charge in [-0.05, 0) is 47.9 Å². The van der Waals surface area contributed by atoms with E-state index in [2.05, 4.69) is 49.5 Å². The van der Waals surface area contributed by atoms with Crippen LogP contribution in [0.25, 0.3) is 10.9 Å². The SMILES string of the molecule is CC(C)C[C@H](NC(=O)[C@H](CO)NC(=O)CN)C(=O)N[C@@H](Cc1ccccc1)C(=O)N[C@@H](Cc1ccccc1)C(=O)N[C@@H](Cc1c[nH]c2ccccc12)C(=O)N1CCC[C@H]1C(=O)N[C@@H](CS)C(=O)O. The topological polar surface area (TPSA) is 294 Å². The van der Waals surface area contributed by atoms with Crippen molar-refractivity contribution in [3.8, 4) is 0 Å². The lowest BCUT2D eigenvalue weighted by Gasteiger charge is -2.31. The van der Waals surface area contributed by atoms with Gasteiger partial charge in [-0.2, -0.15) is 12.6 Å². The van der Waals surface area contributed by atoms with Gasteiger partial charge in [-0.15, -0.1) is 0 Å². The number of hydrogen-bond acceptors (Lipinski definition) is 11. The maximum atomic E-state index is 14.8. The molecule has 0 unspecified atom stereocenters. The summed E-state index contributed by atoms with van der Waals surface area (Å²) in [6.45, 7) is 2.58. The third-order valence-electron chi connectivity index (χ3n) is 11.5. The predicted molar refractivity (Wildman–Crippen MR) is 256 cm³/mol. The molecule has 68 heavy (non-hydrogen) atoms. The molecule has 0 saturated carbocycles. The van der Waals surface area contributed by atoms with Gasteiger partial charge in [0, 0.05) is 48.7 Å². The predicted octanol–water partition coefficient (Wildman–Crippen LogP) is 0.107. The fourth-order valence-corrected chi connectivity index (χ4v) is 8.28. The van der Waals surface area contributed by atoms with E-state index >= 15 is 0 Å². The molecule has 20 heteroatoms. The van der Waals surface area contributed by atoms with E-state index < -0.39 is 103 Å². The third-order valence-corrected chi connectivity index (χ3v) is 11.9. The summed E-state index contributed by atoms with van der Waals surface area (Å²) in [5, 5.41) is 36.1. The van der Waals surface area contributed by atoms with E-state index in [-0.39, 0.29) is 50.3 Å². The van der Waals surface area contributed by atoms with Gasteiger partial charge >= 0.3 is 5.97 Å². The maximum Gasteiger partial charge on any atom is 0.327 e. The van der Waals surface area contributed by atoms with Gasteiger partial charge in [0.2, 0.25) is 41.4 Å². The van der Waals surface area contributed by atoms with Crippen LogP contribution >= 0.6 is 12.6 Å². The van der Waals surface area contributed by atoms with Crippen LogP contribution in [0.15, 0.2) is 91.1 Å². The van der Waals surface area contributed by atoms with Gasteiger partial charge in [0.1, 0.15) is 42.3 Å². The lowest BCUT2D eigenvalue weighted by Crippen LogP contribution is -2.61. The Bertz CT molecular complexity index is 2380. The number of para-hydroxylation sites is 1. The molecular weight excluding hydrogens is 895 g/mol. The average Bonchev–Trinajstić information content (AvgIpc) is 3.99. The minimum Gasteiger partial charge on any atom is -0.480 e. The highest BCUT2D eigenvalue weighted by atomic mass is 32.1. The number of carbonyl (C=O) groups excluding carboxylic acids is 7. The zero-order chi connectivity index (χ0) is 49.3. The number of H-pyrrole nitrogens is 1. The molecule has 7 amide bonds. The van der Waals surface area contributed by atoms with Crippen LogP contribution in [0.1, 0.15) is 49.8 Å². The van der Waals surface area contributed by atoms with Crippen LogP contribution in [-0.2, 0) is 57.6 Å². The van der Waals surface area contributed by atoms with Gasteiger partial charge in [0.25, 0.3) is 0 Å². The fourth-order valence-electron chi connectivity index (χ4n) is 8.03. The number of benzene rings is 3. The molecule has 1 aromatic heterocycles. The van der Waals surface area contributed by atoms with E-state index in [1.807, 2.05) is 38.1 Å². The zero-order valence-electron chi connectivity index (χ0n) is 38.0. The summed E-state index contributed by atoms with van der Waals surface area (Å²) < 4.78 is 0. The first-order chi connectivity index (χ1) is 32.6. The fraction of sp³-hybridized carbons (Fsp3) is 0.417. The van der Waals surface area contributed by atoms with Gasteiger partial charge in [0.15, 0.2) is 0 Å². The van der Waals surface area contributed by atoms with Crippen LogP contribution < -0.4 is 37.6 Å². The first-order valence-electron chi connectivity index (χ1n) is 22.5. The van der Waals surface area contributed by atoms with Crippen LogP contribution in [0, 0.1) is 5.92 Å². The molecule has 0 spiro atoms. The summed E-state index contributed by atoms with van der Waals surface area (Å²) in [6, 6.07) is 16.2. The lowest BCUT2D eigenvalue weighted by molar-refractivity contribution is -0.144. The molecular formula is C48H61N9O10S. The number of amides is 7. The molecule has 364 valence electrons. The van der Waals surface area contributed by atoms with Crippen molar-refractivity contribution in [2.45, 2.75) is 94.7 Å². The maximum absolute atomic E-state index is 14.8. The normalized spacial score (nSPS) is 16.1. The average molecular weight is 956 g/mol. The van der Waals surface area contributed by atoms with Crippen LogP contribution in [-0.4, -0.2) is 135 Å². The highest BCUT2D eigenvalue weighted by Crippen LogP contribution is 2.23. The van der Waals surface area contributed by atoms with E-state index in [0.717, 1.165) is 10.9 Å². The van der Waals surface area contributed by atoms with Crippen molar-refractivity contribution < 1.29 is 48.6 Å². The van der Waals surface area contributed by atoms with Crippen molar-refractivity contribution in [2.24, 2.45) is 11.7 Å². The number of aromatic nitrogens is 1. The minimum absolute atomic E-state index is 0.0253. The van der Waals surface area contributed by atoms with Crippen molar-refractivity contribution in [1.29, 1.82) is 0 Å². The zero-order valence-corrected chi connectivity index (χ0v) is 38.9. The number of carboxylic acid groups (broad SMARTS) is 1. The number of aliphatic hydroxyl groups is 1. The standard InChI is InChI=1S/C48H61N9O10S/c1-28(2)20-34(52-45(63)38(26-58)51-41(59)24-49)42(60)53-35(21-29-12-5-3-6-13-29)43(61)54-36(22-30-14-7-4-8-15-30)44(62)55-37(23-31-25-50-33-17-10-9-16-32(31)33)47(65)57-19-11-18-40(57)46(64)56-39(27-68)48(66)67/h3-10,12-17,25,28,34-40,50,58,68H,11,18-24,26-27,49H2,1-2H3,(H,51,59)(H,52,63)(H,53,60)(H,54,61)(H,55,62)(H,56,64)(H,66,67)/t34-,35-,36-,37-,38-,39-,40-/m0/s1. The third kappa shape index (κ3) is 14.6. The summed E-state index contributed by atoms with van der Waals surface area (Å²) in [5.41, 5.74) is 8.16. The molecule has 0 radical (unpaired) electrons. The van der Waals surface area contributed by atoms with Crippen LogP contribution in [0.5, 0.6) is 0 Å². The second-order valence-corrected chi connectivity index (χ2v) is 17.5. The van der Waals surface area contributed by atoms with Crippen molar-refractivity contribution in [1.82, 2.24) is 41.8 Å². The Morgan fingerprint density at radius 2 is 1.22 bits per heavy atom. The monoisotopic (exact) mass is 955 g/mol. The Kier molecular flexibility index (Phi) is 19.5. The largest absolute Gasteiger partial charge is 0.480 e. The number of nitrogens with one attached hydrogen (secondary N) is 7. The molecule has 1 fully saturated rings. The number of nitrogens with two attached hydrogens (primary N) is 1. The first-order valence-corrected chi connectivity index (χ1v) is 23.1. The summed E-state index contributed by atoms with van der Waals surface area (Å²) in [5.74, 6) is -6.66. The summed E-state index contributed by atoms with van der Waals surface area (Å²) in [4.78, 5) is 113. The van der Waals surface area contributed by atoms with E-state index in [1.165, 1.54) is 4.90 Å². The van der Waals surface area contributed by atoms with Gasteiger partial charge < -0.3 is 57.7 Å². The molecule has 1 aliphatic heterocycles. The van der Waals surface area contributed by atoms with Gasteiger partial charge in [0.05, 0.1) is 13.2 Å². The van der Waals surface area contributed by atoms with Gasteiger partial charge in [-0.3, -0.25) is 33.6 Å². The molecule has 7 atom stereocenters. The van der Waals surface area contributed by atoms with Gasteiger partial charge in [-0.1, -0.05) is 92.7 Å². The Morgan fingerprint density at radius 3 is 1.76 bits per heavy atom. The first kappa shape index (κ1) is 52.2. The van der Waals surface area contributed by atoms with Crippen molar-refractivity contribution in [2.75, 3.05) is 25.4 Å². The van der Waals surface area contributed by atoms with Crippen molar-refractivity contribution >= 4 is 70.9 Å². The van der Waals surface area contributed by atoms with Crippen LogP contribution in [0.3, 0.4) is 0 Å². The molecule has 19 nitrogen and oxygen atoms in total. The quantitative estimate of drug-likeness (QED) is 0.0419. The summed E-state index contributed by atoms with van der Waals surface area (Å²) in [6.07, 6.45) is 2.41. The number of likely N-dealkylation sites (tertiary alicyclic amines) is 1.